The number of halogens is 1. The van der Waals surface area contributed by atoms with E-state index in [1.807, 2.05) is 0 Å². The minimum absolute atomic E-state index is 0.210. The van der Waals surface area contributed by atoms with Gasteiger partial charge in [0.25, 0.3) is 5.91 Å². The Bertz CT molecular complexity index is 790. The number of rotatable bonds is 4. The molecule has 2 heterocycles. The van der Waals surface area contributed by atoms with Gasteiger partial charge in [-0.3, -0.25) is 9.59 Å². The van der Waals surface area contributed by atoms with Crippen molar-refractivity contribution in [1.29, 1.82) is 0 Å². The molecule has 1 aromatic carbocycles. The first-order valence-electron chi connectivity index (χ1n) is 7.92. The van der Waals surface area contributed by atoms with Gasteiger partial charge < -0.3 is 15.1 Å². The number of piperazine rings is 1. The molecule has 0 bridgehead atoms. The molecule has 130 valence electrons. The normalized spacial score (nSPS) is 14.3. The SMILES string of the molecule is Cc1cc(C(=O)N2CCN(C=O)CC2)nc(Nc2cccc(F)c2)n1. The van der Waals surface area contributed by atoms with Gasteiger partial charge in [0.15, 0.2) is 0 Å². The number of amides is 2. The lowest BCUT2D eigenvalue weighted by atomic mass is 10.2. The van der Waals surface area contributed by atoms with Crippen molar-refractivity contribution in [2.75, 3.05) is 31.5 Å². The molecule has 1 aromatic heterocycles. The summed E-state index contributed by atoms with van der Waals surface area (Å²) in [5.74, 6) is -0.346. The van der Waals surface area contributed by atoms with E-state index in [0.29, 0.717) is 37.6 Å². The minimum atomic E-state index is -0.373. The quantitative estimate of drug-likeness (QED) is 0.853. The summed E-state index contributed by atoms with van der Waals surface area (Å²) in [6, 6.07) is 7.55. The third-order valence-electron chi connectivity index (χ3n) is 3.90. The van der Waals surface area contributed by atoms with Crippen LogP contribution in [-0.4, -0.2) is 58.3 Å². The van der Waals surface area contributed by atoms with Gasteiger partial charge in [-0.1, -0.05) is 6.07 Å². The summed E-state index contributed by atoms with van der Waals surface area (Å²) < 4.78 is 13.3. The van der Waals surface area contributed by atoms with E-state index in [-0.39, 0.29) is 23.4 Å². The van der Waals surface area contributed by atoms with Crippen LogP contribution >= 0.6 is 0 Å². The highest BCUT2D eigenvalue weighted by atomic mass is 19.1. The van der Waals surface area contributed by atoms with E-state index in [2.05, 4.69) is 15.3 Å². The Morgan fingerprint density at radius 1 is 1.20 bits per heavy atom. The molecule has 0 spiro atoms. The summed E-state index contributed by atoms with van der Waals surface area (Å²) in [6.07, 6.45) is 0.789. The van der Waals surface area contributed by atoms with E-state index in [1.54, 1.807) is 34.9 Å². The van der Waals surface area contributed by atoms with E-state index < -0.39 is 0 Å². The second kappa shape index (κ2) is 7.25. The Labute approximate surface area is 144 Å². The summed E-state index contributed by atoms with van der Waals surface area (Å²) >= 11 is 0. The first-order valence-corrected chi connectivity index (χ1v) is 7.92. The van der Waals surface area contributed by atoms with Crippen molar-refractivity contribution in [1.82, 2.24) is 19.8 Å². The van der Waals surface area contributed by atoms with E-state index in [4.69, 9.17) is 0 Å². The largest absolute Gasteiger partial charge is 0.342 e. The molecule has 7 nitrogen and oxygen atoms in total. The maximum absolute atomic E-state index is 13.3. The molecule has 2 amide bonds. The number of hydrogen-bond acceptors (Lipinski definition) is 5. The summed E-state index contributed by atoms with van der Waals surface area (Å²) in [5.41, 5.74) is 1.40. The fourth-order valence-corrected chi connectivity index (χ4v) is 2.62. The zero-order chi connectivity index (χ0) is 17.8. The van der Waals surface area contributed by atoms with Crippen LogP contribution in [0.15, 0.2) is 30.3 Å². The zero-order valence-electron chi connectivity index (χ0n) is 13.8. The lowest BCUT2D eigenvalue weighted by Gasteiger charge is -2.32. The third kappa shape index (κ3) is 4.09. The predicted molar refractivity (Wildman–Crippen MR) is 90.0 cm³/mol. The van der Waals surface area contributed by atoms with Crippen LogP contribution in [0.5, 0.6) is 0 Å². The standard InChI is InChI=1S/C17H18FN5O2/c1-12-9-15(16(25)23-7-5-22(11-24)6-8-23)21-17(19-12)20-14-4-2-3-13(18)10-14/h2-4,9-11H,5-8H2,1H3,(H,19,20,21). The van der Waals surface area contributed by atoms with E-state index in [9.17, 15) is 14.0 Å². The highest BCUT2D eigenvalue weighted by Gasteiger charge is 2.23. The number of carbonyl (C=O) groups excluding carboxylic acids is 2. The number of aryl methyl sites for hydroxylation is 1. The van der Waals surface area contributed by atoms with Crippen LogP contribution in [0.2, 0.25) is 0 Å². The van der Waals surface area contributed by atoms with Gasteiger partial charge in [0, 0.05) is 37.6 Å². The fraction of sp³-hybridized carbons (Fsp3) is 0.294. The summed E-state index contributed by atoms with van der Waals surface area (Å²) in [6.45, 7) is 3.71. The highest BCUT2D eigenvalue weighted by molar-refractivity contribution is 5.92. The number of carbonyl (C=O) groups is 2. The molecule has 1 fully saturated rings. The average Bonchev–Trinajstić information content (AvgIpc) is 2.60. The first-order chi connectivity index (χ1) is 12.0. The van der Waals surface area contributed by atoms with Crippen molar-refractivity contribution in [2.45, 2.75) is 6.92 Å². The molecule has 2 aromatic rings. The number of nitrogens with one attached hydrogen (secondary N) is 1. The van der Waals surface area contributed by atoms with E-state index >= 15 is 0 Å². The van der Waals surface area contributed by atoms with Crippen molar-refractivity contribution < 1.29 is 14.0 Å². The molecule has 0 radical (unpaired) electrons. The molecule has 0 unspecified atom stereocenters. The number of hydrogen-bond donors (Lipinski definition) is 1. The topological polar surface area (TPSA) is 78.4 Å². The summed E-state index contributed by atoms with van der Waals surface area (Å²) in [7, 11) is 0. The van der Waals surface area contributed by atoms with Crippen LogP contribution in [0.1, 0.15) is 16.2 Å². The van der Waals surface area contributed by atoms with Crippen LogP contribution in [0, 0.1) is 12.7 Å². The van der Waals surface area contributed by atoms with Crippen molar-refractivity contribution in [3.63, 3.8) is 0 Å². The molecular formula is C17H18FN5O2. The van der Waals surface area contributed by atoms with Gasteiger partial charge in [-0.2, -0.15) is 0 Å². The van der Waals surface area contributed by atoms with E-state index in [1.165, 1.54) is 12.1 Å². The highest BCUT2D eigenvalue weighted by Crippen LogP contribution is 2.16. The fourth-order valence-electron chi connectivity index (χ4n) is 2.62. The zero-order valence-corrected chi connectivity index (χ0v) is 13.8. The monoisotopic (exact) mass is 343 g/mol. The lowest BCUT2D eigenvalue weighted by Crippen LogP contribution is -2.48. The predicted octanol–water partition coefficient (Wildman–Crippen LogP) is 1.58. The molecule has 1 aliphatic heterocycles. The Kier molecular flexibility index (Phi) is 4.87. The number of nitrogens with zero attached hydrogens (tertiary/aromatic N) is 4. The van der Waals surface area contributed by atoms with Crippen molar-refractivity contribution in [2.24, 2.45) is 0 Å². The van der Waals surface area contributed by atoms with Crippen LogP contribution in [0.4, 0.5) is 16.0 Å². The Morgan fingerprint density at radius 2 is 1.96 bits per heavy atom. The maximum atomic E-state index is 13.3. The van der Waals surface area contributed by atoms with Gasteiger partial charge >= 0.3 is 0 Å². The van der Waals surface area contributed by atoms with Crippen LogP contribution in [0.25, 0.3) is 0 Å². The van der Waals surface area contributed by atoms with Gasteiger partial charge in [0.2, 0.25) is 12.4 Å². The van der Waals surface area contributed by atoms with Gasteiger partial charge in [0.1, 0.15) is 11.5 Å². The molecule has 1 saturated heterocycles. The number of aromatic nitrogens is 2. The Morgan fingerprint density at radius 3 is 2.64 bits per heavy atom. The Hall–Kier alpha value is -3.03. The molecular weight excluding hydrogens is 325 g/mol. The molecule has 1 N–H and O–H groups in total. The van der Waals surface area contributed by atoms with Gasteiger partial charge in [0.05, 0.1) is 0 Å². The lowest BCUT2D eigenvalue weighted by molar-refractivity contribution is -0.119. The second-order valence-corrected chi connectivity index (χ2v) is 5.79. The molecule has 1 aliphatic rings. The van der Waals surface area contributed by atoms with Crippen molar-refractivity contribution >= 4 is 24.0 Å². The minimum Gasteiger partial charge on any atom is -0.342 e. The molecule has 0 atom stereocenters. The Balaban J connectivity index is 1.77. The number of benzene rings is 1. The molecule has 0 aliphatic carbocycles. The first kappa shape index (κ1) is 16.8. The summed E-state index contributed by atoms with van der Waals surface area (Å²) in [4.78, 5) is 35.2. The number of anilines is 2. The van der Waals surface area contributed by atoms with Crippen LogP contribution in [0.3, 0.4) is 0 Å². The smallest absolute Gasteiger partial charge is 0.272 e. The van der Waals surface area contributed by atoms with Crippen molar-refractivity contribution in [3.8, 4) is 0 Å². The van der Waals surface area contributed by atoms with Crippen LogP contribution in [-0.2, 0) is 4.79 Å². The second-order valence-electron chi connectivity index (χ2n) is 5.79. The van der Waals surface area contributed by atoms with Crippen molar-refractivity contribution in [3.05, 3.63) is 47.5 Å². The van der Waals surface area contributed by atoms with E-state index in [0.717, 1.165) is 6.41 Å². The molecule has 3 rings (SSSR count). The molecule has 25 heavy (non-hydrogen) atoms. The van der Waals surface area contributed by atoms with Gasteiger partial charge in [-0.25, -0.2) is 14.4 Å². The van der Waals surface area contributed by atoms with Gasteiger partial charge in [-0.05, 0) is 31.2 Å². The molecule has 0 saturated carbocycles. The average molecular weight is 343 g/mol. The maximum Gasteiger partial charge on any atom is 0.272 e. The molecule has 8 heteroatoms. The summed E-state index contributed by atoms with van der Waals surface area (Å²) in [5, 5.41) is 2.91. The van der Waals surface area contributed by atoms with Gasteiger partial charge in [-0.15, -0.1) is 0 Å². The third-order valence-corrected chi connectivity index (χ3v) is 3.90. The van der Waals surface area contributed by atoms with Crippen LogP contribution < -0.4 is 5.32 Å².